The molecule has 0 aliphatic carbocycles. The molecule has 146 valence electrons. The summed E-state index contributed by atoms with van der Waals surface area (Å²) in [6.07, 6.45) is 0.540. The van der Waals surface area contributed by atoms with Gasteiger partial charge in [0.15, 0.2) is 0 Å². The minimum atomic E-state index is -1.68. The Kier molecular flexibility index (Phi) is 8.03. The quantitative estimate of drug-likeness (QED) is 0.696. The zero-order chi connectivity index (χ0) is 19.4. The van der Waals surface area contributed by atoms with Crippen molar-refractivity contribution in [2.24, 2.45) is 23.7 Å². The van der Waals surface area contributed by atoms with Crippen LogP contribution in [0.25, 0.3) is 0 Å². The summed E-state index contributed by atoms with van der Waals surface area (Å²) in [5.74, 6) is -1.66. The molecule has 1 heterocycles. The standard InChI is InChI=1S/C19H34O6/c1-11-7-13(3)18(22)25-10-19(5,23)17(21)14(4)16(20)12(2)9-15(8-11)24-6/h11-15,17,21,23H,7-10H2,1-6H3/t11-,12+,13?,14?,15?,17?,19+/m0/s1. The lowest BCUT2D eigenvalue weighted by molar-refractivity contribution is -0.168. The molecule has 1 aliphatic rings. The lowest BCUT2D eigenvalue weighted by atomic mass is 9.80. The molecule has 1 rings (SSSR count). The number of Topliss-reactive ketones (excluding diaryl/α,β-unsaturated/α-hetero) is 1. The number of cyclic esters (lactones) is 1. The van der Waals surface area contributed by atoms with E-state index in [1.165, 1.54) is 6.92 Å². The van der Waals surface area contributed by atoms with Crippen molar-refractivity contribution in [1.82, 2.24) is 0 Å². The Labute approximate surface area is 150 Å². The third kappa shape index (κ3) is 6.04. The van der Waals surface area contributed by atoms with E-state index in [-0.39, 0.29) is 36.2 Å². The number of hydrogen-bond acceptors (Lipinski definition) is 6. The van der Waals surface area contributed by atoms with Crippen molar-refractivity contribution in [2.45, 2.75) is 71.7 Å². The number of ether oxygens (including phenoxy) is 2. The molecule has 0 amide bonds. The molecule has 6 heteroatoms. The Morgan fingerprint density at radius 3 is 2.24 bits per heavy atom. The summed E-state index contributed by atoms with van der Waals surface area (Å²) in [4.78, 5) is 24.8. The van der Waals surface area contributed by atoms with E-state index in [4.69, 9.17) is 9.47 Å². The summed E-state index contributed by atoms with van der Waals surface area (Å²) >= 11 is 0. The van der Waals surface area contributed by atoms with Crippen molar-refractivity contribution >= 4 is 11.8 Å². The number of hydrogen-bond donors (Lipinski definition) is 2. The van der Waals surface area contributed by atoms with Gasteiger partial charge in [0.1, 0.15) is 18.0 Å². The molecule has 0 aromatic heterocycles. The summed E-state index contributed by atoms with van der Waals surface area (Å²) in [5, 5.41) is 20.9. The van der Waals surface area contributed by atoms with Crippen LogP contribution in [0.4, 0.5) is 0 Å². The fraction of sp³-hybridized carbons (Fsp3) is 0.895. The minimum absolute atomic E-state index is 0.0926. The van der Waals surface area contributed by atoms with Gasteiger partial charge in [-0.15, -0.1) is 0 Å². The minimum Gasteiger partial charge on any atom is -0.462 e. The third-order valence-corrected chi connectivity index (χ3v) is 5.33. The predicted molar refractivity (Wildman–Crippen MR) is 93.9 cm³/mol. The lowest BCUT2D eigenvalue weighted by Gasteiger charge is -2.34. The maximum absolute atomic E-state index is 12.6. The first-order valence-electron chi connectivity index (χ1n) is 9.13. The first kappa shape index (κ1) is 22.1. The van der Waals surface area contributed by atoms with E-state index in [2.05, 4.69) is 6.92 Å². The Hall–Kier alpha value is -0.980. The summed E-state index contributed by atoms with van der Waals surface area (Å²) < 4.78 is 10.7. The number of aliphatic hydroxyl groups is 2. The van der Waals surface area contributed by atoms with Crippen molar-refractivity contribution in [2.75, 3.05) is 13.7 Å². The molecule has 25 heavy (non-hydrogen) atoms. The van der Waals surface area contributed by atoms with Crippen LogP contribution in [0, 0.1) is 23.7 Å². The average Bonchev–Trinajstić information content (AvgIpc) is 2.55. The van der Waals surface area contributed by atoms with E-state index < -0.39 is 23.6 Å². The van der Waals surface area contributed by atoms with E-state index in [1.54, 1.807) is 21.0 Å². The molecule has 0 aromatic carbocycles. The van der Waals surface area contributed by atoms with Gasteiger partial charge in [-0.25, -0.2) is 0 Å². The average molecular weight is 358 g/mol. The smallest absolute Gasteiger partial charge is 0.308 e. The number of carbonyl (C=O) groups is 2. The molecule has 1 aliphatic heterocycles. The lowest BCUT2D eigenvalue weighted by Crippen LogP contribution is -2.50. The van der Waals surface area contributed by atoms with Gasteiger partial charge in [-0.3, -0.25) is 9.59 Å². The van der Waals surface area contributed by atoms with Crippen molar-refractivity contribution < 1.29 is 29.3 Å². The molecular formula is C19H34O6. The van der Waals surface area contributed by atoms with Crippen molar-refractivity contribution in [3.05, 3.63) is 0 Å². The topological polar surface area (TPSA) is 93.1 Å². The zero-order valence-corrected chi connectivity index (χ0v) is 16.3. The van der Waals surface area contributed by atoms with Crippen LogP contribution in [0.15, 0.2) is 0 Å². The number of ketones is 1. The molecule has 1 saturated heterocycles. The fourth-order valence-corrected chi connectivity index (χ4v) is 3.63. The van der Waals surface area contributed by atoms with E-state index in [0.29, 0.717) is 12.8 Å². The highest BCUT2D eigenvalue weighted by molar-refractivity contribution is 5.83. The van der Waals surface area contributed by atoms with E-state index in [9.17, 15) is 19.8 Å². The molecule has 7 atom stereocenters. The Balaban J connectivity index is 3.05. The molecule has 0 bridgehead atoms. The molecule has 6 nitrogen and oxygen atoms in total. The molecule has 0 radical (unpaired) electrons. The summed E-state index contributed by atoms with van der Waals surface area (Å²) in [7, 11) is 1.62. The fourth-order valence-electron chi connectivity index (χ4n) is 3.63. The Morgan fingerprint density at radius 2 is 1.68 bits per heavy atom. The first-order valence-corrected chi connectivity index (χ1v) is 9.13. The molecule has 0 spiro atoms. The molecule has 2 N–H and O–H groups in total. The molecule has 0 saturated carbocycles. The van der Waals surface area contributed by atoms with Crippen LogP contribution >= 0.6 is 0 Å². The molecule has 1 fully saturated rings. The van der Waals surface area contributed by atoms with Gasteiger partial charge in [-0.2, -0.15) is 0 Å². The van der Waals surface area contributed by atoms with Crippen molar-refractivity contribution in [3.63, 3.8) is 0 Å². The number of carbonyl (C=O) groups excluding carboxylic acids is 2. The van der Waals surface area contributed by atoms with Gasteiger partial charge < -0.3 is 19.7 Å². The van der Waals surface area contributed by atoms with Crippen LogP contribution < -0.4 is 0 Å². The van der Waals surface area contributed by atoms with Gasteiger partial charge >= 0.3 is 5.97 Å². The van der Waals surface area contributed by atoms with Crippen LogP contribution in [-0.2, 0) is 19.1 Å². The van der Waals surface area contributed by atoms with Crippen LogP contribution in [-0.4, -0.2) is 53.5 Å². The summed E-state index contributed by atoms with van der Waals surface area (Å²) in [6.45, 7) is 8.32. The maximum Gasteiger partial charge on any atom is 0.308 e. The predicted octanol–water partition coefficient (Wildman–Crippen LogP) is 1.95. The van der Waals surface area contributed by atoms with Crippen LogP contribution in [0.3, 0.4) is 0 Å². The third-order valence-electron chi connectivity index (χ3n) is 5.33. The van der Waals surface area contributed by atoms with Gasteiger partial charge in [-0.1, -0.05) is 27.7 Å². The number of rotatable bonds is 1. The number of methoxy groups -OCH3 is 1. The second kappa shape index (κ2) is 9.10. The van der Waals surface area contributed by atoms with Crippen LogP contribution in [0.1, 0.15) is 53.9 Å². The van der Waals surface area contributed by atoms with Gasteiger partial charge in [0.05, 0.1) is 18.1 Å². The highest BCUT2D eigenvalue weighted by atomic mass is 16.5. The monoisotopic (exact) mass is 358 g/mol. The number of esters is 1. The Bertz CT molecular complexity index is 461. The summed E-state index contributed by atoms with van der Waals surface area (Å²) in [5.41, 5.74) is -1.68. The second-order valence-corrected chi connectivity index (χ2v) is 8.07. The second-order valence-electron chi connectivity index (χ2n) is 8.07. The maximum atomic E-state index is 12.6. The van der Waals surface area contributed by atoms with Gasteiger partial charge in [-0.05, 0) is 32.1 Å². The molecular weight excluding hydrogens is 324 g/mol. The largest absolute Gasteiger partial charge is 0.462 e. The van der Waals surface area contributed by atoms with E-state index in [0.717, 1.165) is 6.42 Å². The van der Waals surface area contributed by atoms with Crippen LogP contribution in [0.5, 0.6) is 0 Å². The van der Waals surface area contributed by atoms with Gasteiger partial charge in [0.25, 0.3) is 0 Å². The zero-order valence-electron chi connectivity index (χ0n) is 16.3. The highest BCUT2D eigenvalue weighted by Gasteiger charge is 2.40. The normalized spacial score (nSPS) is 42.6. The highest BCUT2D eigenvalue weighted by Crippen LogP contribution is 2.28. The number of aliphatic hydroxyl groups excluding tert-OH is 1. The van der Waals surface area contributed by atoms with Crippen molar-refractivity contribution in [3.8, 4) is 0 Å². The van der Waals surface area contributed by atoms with Gasteiger partial charge in [0.2, 0.25) is 0 Å². The molecule has 4 unspecified atom stereocenters. The van der Waals surface area contributed by atoms with Gasteiger partial charge in [0, 0.05) is 18.9 Å². The van der Waals surface area contributed by atoms with Crippen LogP contribution in [0.2, 0.25) is 0 Å². The Morgan fingerprint density at radius 1 is 1.08 bits per heavy atom. The van der Waals surface area contributed by atoms with Crippen molar-refractivity contribution in [1.29, 1.82) is 0 Å². The summed E-state index contributed by atoms with van der Waals surface area (Å²) in [6, 6.07) is 0. The van der Waals surface area contributed by atoms with E-state index >= 15 is 0 Å². The first-order chi connectivity index (χ1) is 11.5. The molecule has 0 aromatic rings. The van der Waals surface area contributed by atoms with E-state index in [1.807, 2.05) is 6.92 Å². The SMILES string of the molecule is COC1C[C@@H](C)CC(C)C(=O)OC[C@@](C)(O)C(O)C(C)C(=O)[C@H](C)C1.